The van der Waals surface area contributed by atoms with Crippen molar-refractivity contribution in [1.82, 2.24) is 0 Å². The van der Waals surface area contributed by atoms with Crippen LogP contribution in [0.15, 0.2) is 42.5 Å². The summed E-state index contributed by atoms with van der Waals surface area (Å²) in [4.78, 5) is 11.5. The summed E-state index contributed by atoms with van der Waals surface area (Å²) in [7, 11) is 0. The molecule has 0 radical (unpaired) electrons. The average Bonchev–Trinajstić information content (AvgIpc) is 2.93. The second-order valence-corrected chi connectivity index (χ2v) is 10.1. The highest BCUT2D eigenvalue weighted by Gasteiger charge is 2.52. The third kappa shape index (κ3) is 6.42. The Labute approximate surface area is 234 Å². The second kappa shape index (κ2) is 13.1. The standard InChI is InChI=1S/C27H33ClO12/c1-2-37-15-6-3-12(4-7-15)9-14-10-13(5-8-16(14)28)23-24(20(32)18(30)17(11-29)38-23)39-27-22(34)19(31)21(33)25(40-27)26(35)36/h3-8,10,17-25,27,29-34H,2,9,11H2,1H3,(H,35,36)/t17-,18-,19+,20+,21+,22-,23+,24-,25+,27-/m1/s1. The molecule has 40 heavy (non-hydrogen) atoms. The SMILES string of the molecule is CCOc1ccc(Cc2cc([C@@H]3O[C@H](CO)[C@@H](O)[C@H](O)[C@H]3O[C@@H]3O[C@H](C(=O)O)[C@@H](O)[C@H](O)[C@H]3O)ccc2Cl)cc1. The van der Waals surface area contributed by atoms with E-state index in [1.54, 1.807) is 18.2 Å². The van der Waals surface area contributed by atoms with Crippen LogP contribution in [0.1, 0.15) is 29.7 Å². The van der Waals surface area contributed by atoms with Crippen molar-refractivity contribution in [1.29, 1.82) is 0 Å². The predicted octanol–water partition coefficient (Wildman–Crippen LogP) is -0.239. The molecule has 2 aromatic carbocycles. The molecule has 13 heteroatoms. The van der Waals surface area contributed by atoms with Crippen molar-refractivity contribution in [3.8, 4) is 5.75 Å². The van der Waals surface area contributed by atoms with Gasteiger partial charge >= 0.3 is 5.97 Å². The monoisotopic (exact) mass is 584 g/mol. The first-order valence-corrected chi connectivity index (χ1v) is 13.1. The molecule has 0 amide bonds. The highest BCUT2D eigenvalue weighted by molar-refractivity contribution is 6.31. The van der Waals surface area contributed by atoms with Gasteiger partial charge in [-0.1, -0.05) is 35.9 Å². The molecule has 12 nitrogen and oxygen atoms in total. The van der Waals surface area contributed by atoms with Crippen molar-refractivity contribution in [2.45, 2.75) is 74.6 Å². The Kier molecular flexibility index (Phi) is 10.0. The molecule has 2 saturated heterocycles. The first-order chi connectivity index (χ1) is 19.0. The summed E-state index contributed by atoms with van der Waals surface area (Å²) in [5.41, 5.74) is 2.04. The number of ether oxygens (including phenoxy) is 4. The molecule has 0 aliphatic carbocycles. The molecule has 0 bridgehead atoms. The molecule has 0 spiro atoms. The van der Waals surface area contributed by atoms with Crippen LogP contribution in [-0.4, -0.2) is 110 Å². The van der Waals surface area contributed by atoms with E-state index in [1.165, 1.54) is 0 Å². The number of carboxylic acid groups (broad SMARTS) is 1. The van der Waals surface area contributed by atoms with Gasteiger partial charge in [0.1, 0.15) is 54.6 Å². The first kappa shape index (κ1) is 30.6. The number of benzene rings is 2. The molecule has 2 aliphatic heterocycles. The average molecular weight is 585 g/mol. The number of halogens is 1. The summed E-state index contributed by atoms with van der Waals surface area (Å²) < 4.78 is 22.3. The van der Waals surface area contributed by atoms with Crippen molar-refractivity contribution < 1.29 is 59.5 Å². The highest BCUT2D eigenvalue weighted by Crippen LogP contribution is 2.38. The van der Waals surface area contributed by atoms with Crippen LogP contribution in [0, 0.1) is 0 Å². The maximum Gasteiger partial charge on any atom is 0.335 e. The van der Waals surface area contributed by atoms with Crippen molar-refractivity contribution in [3.05, 3.63) is 64.2 Å². The van der Waals surface area contributed by atoms with E-state index in [4.69, 9.17) is 30.5 Å². The minimum absolute atomic E-state index is 0.417. The third-order valence-electron chi connectivity index (χ3n) is 7.00. The topological polar surface area (TPSA) is 196 Å². The molecular formula is C27H33ClO12. The van der Waals surface area contributed by atoms with Gasteiger partial charge in [0.25, 0.3) is 0 Å². The molecule has 4 rings (SSSR count). The largest absolute Gasteiger partial charge is 0.494 e. The van der Waals surface area contributed by atoms with Crippen LogP contribution in [0.3, 0.4) is 0 Å². The molecule has 0 unspecified atom stereocenters. The Morgan fingerprint density at radius 2 is 1.62 bits per heavy atom. The van der Waals surface area contributed by atoms with E-state index in [2.05, 4.69) is 0 Å². The maximum atomic E-state index is 11.5. The van der Waals surface area contributed by atoms with Crippen LogP contribution in [0.5, 0.6) is 5.75 Å². The van der Waals surface area contributed by atoms with Gasteiger partial charge in [-0.3, -0.25) is 0 Å². The highest BCUT2D eigenvalue weighted by atomic mass is 35.5. The van der Waals surface area contributed by atoms with Crippen LogP contribution in [0.4, 0.5) is 0 Å². The van der Waals surface area contributed by atoms with Gasteiger partial charge in [0.15, 0.2) is 12.4 Å². The van der Waals surface area contributed by atoms with Crippen molar-refractivity contribution in [2.75, 3.05) is 13.2 Å². The third-order valence-corrected chi connectivity index (χ3v) is 7.37. The molecule has 7 N–H and O–H groups in total. The number of aliphatic carboxylic acids is 1. The number of aliphatic hydroxyl groups excluding tert-OH is 6. The second-order valence-electron chi connectivity index (χ2n) is 9.70. The van der Waals surface area contributed by atoms with Gasteiger partial charge in [-0.15, -0.1) is 0 Å². The summed E-state index contributed by atoms with van der Waals surface area (Å²) in [6.07, 6.45) is -16.3. The lowest BCUT2D eigenvalue weighted by Crippen LogP contribution is -2.63. The molecule has 0 saturated carbocycles. The molecule has 220 valence electrons. The van der Waals surface area contributed by atoms with Crippen LogP contribution < -0.4 is 4.74 Å². The molecule has 2 fully saturated rings. The van der Waals surface area contributed by atoms with Gasteiger partial charge in [-0.2, -0.15) is 0 Å². The maximum absolute atomic E-state index is 11.5. The number of hydrogen-bond donors (Lipinski definition) is 7. The van der Waals surface area contributed by atoms with E-state index >= 15 is 0 Å². The zero-order valence-corrected chi connectivity index (χ0v) is 22.2. The van der Waals surface area contributed by atoms with E-state index < -0.39 is 73.8 Å². The molecule has 0 aromatic heterocycles. The molecule has 2 aromatic rings. The molecule has 2 aliphatic rings. The quantitative estimate of drug-likeness (QED) is 0.205. The Balaban J connectivity index is 1.63. The lowest BCUT2D eigenvalue weighted by Gasteiger charge is -2.46. The summed E-state index contributed by atoms with van der Waals surface area (Å²) in [6, 6.07) is 12.4. The molecule has 10 atom stereocenters. The number of carbonyl (C=O) groups is 1. The van der Waals surface area contributed by atoms with Crippen LogP contribution in [-0.2, 0) is 25.4 Å². The van der Waals surface area contributed by atoms with Crippen LogP contribution in [0.2, 0.25) is 5.02 Å². The fourth-order valence-electron chi connectivity index (χ4n) is 4.83. The number of carboxylic acids is 1. The van der Waals surface area contributed by atoms with Gasteiger partial charge in [-0.25, -0.2) is 4.79 Å². The van der Waals surface area contributed by atoms with E-state index in [-0.39, 0.29) is 0 Å². The van der Waals surface area contributed by atoms with Crippen LogP contribution >= 0.6 is 11.6 Å². The zero-order chi connectivity index (χ0) is 29.1. The van der Waals surface area contributed by atoms with Crippen molar-refractivity contribution in [3.63, 3.8) is 0 Å². The summed E-state index contributed by atoms with van der Waals surface area (Å²) >= 11 is 6.47. The van der Waals surface area contributed by atoms with Gasteiger partial charge < -0.3 is 54.7 Å². The lowest BCUT2D eigenvalue weighted by molar-refractivity contribution is -0.337. The van der Waals surface area contributed by atoms with Crippen molar-refractivity contribution in [2.24, 2.45) is 0 Å². The van der Waals surface area contributed by atoms with E-state index in [1.807, 2.05) is 31.2 Å². The lowest BCUT2D eigenvalue weighted by atomic mass is 9.89. The zero-order valence-electron chi connectivity index (χ0n) is 21.5. The van der Waals surface area contributed by atoms with E-state index in [0.29, 0.717) is 29.2 Å². The summed E-state index contributed by atoms with van der Waals surface area (Å²) in [6.45, 7) is 1.78. The Morgan fingerprint density at radius 3 is 2.25 bits per heavy atom. The van der Waals surface area contributed by atoms with Crippen LogP contribution in [0.25, 0.3) is 0 Å². The number of hydrogen-bond acceptors (Lipinski definition) is 11. The van der Waals surface area contributed by atoms with E-state index in [9.17, 15) is 40.5 Å². The first-order valence-electron chi connectivity index (χ1n) is 12.8. The van der Waals surface area contributed by atoms with Gasteiger partial charge in [0.05, 0.1) is 13.2 Å². The van der Waals surface area contributed by atoms with Gasteiger partial charge in [0.2, 0.25) is 0 Å². The Bertz CT molecular complexity index is 1150. The normalized spacial score (nSPS) is 34.4. The van der Waals surface area contributed by atoms with Gasteiger partial charge in [-0.05, 0) is 48.2 Å². The predicted molar refractivity (Wildman–Crippen MR) is 138 cm³/mol. The number of aliphatic hydroxyl groups is 6. The minimum Gasteiger partial charge on any atom is -0.494 e. The van der Waals surface area contributed by atoms with Crippen molar-refractivity contribution >= 4 is 17.6 Å². The minimum atomic E-state index is -1.94. The fraction of sp³-hybridized carbons (Fsp3) is 0.519. The number of rotatable bonds is 9. The van der Waals surface area contributed by atoms with E-state index in [0.717, 1.165) is 11.3 Å². The molecule has 2 heterocycles. The summed E-state index contributed by atoms with van der Waals surface area (Å²) in [5.74, 6) is -0.889. The summed E-state index contributed by atoms with van der Waals surface area (Å²) in [5, 5.41) is 71.6. The Hall–Kier alpha value is -2.36. The fourth-order valence-corrected chi connectivity index (χ4v) is 5.01. The Morgan fingerprint density at radius 1 is 0.925 bits per heavy atom. The smallest absolute Gasteiger partial charge is 0.335 e. The van der Waals surface area contributed by atoms with Gasteiger partial charge in [0, 0.05) is 5.02 Å². The molecular weight excluding hydrogens is 552 g/mol.